The molecule has 0 aliphatic carbocycles. The second-order valence-corrected chi connectivity index (χ2v) is 4.60. The molecule has 84 valence electrons. The number of ether oxygens (including phenoxy) is 1. The molecule has 0 heterocycles. The number of rotatable bonds is 2. The molecule has 16 heavy (non-hydrogen) atoms. The fraction of sp³-hybridized carbons (Fsp3) is 0.333. The van der Waals surface area contributed by atoms with Gasteiger partial charge in [-0.15, -0.1) is 0 Å². The first-order chi connectivity index (χ1) is 7.61. The van der Waals surface area contributed by atoms with Crippen molar-refractivity contribution in [2.75, 3.05) is 7.11 Å². The Morgan fingerprint density at radius 3 is 2.44 bits per heavy atom. The zero-order chi connectivity index (χ0) is 11.7. The molecule has 0 aliphatic heterocycles. The summed E-state index contributed by atoms with van der Waals surface area (Å²) in [6.45, 7) is 6.52. The molecule has 1 heteroatoms. The summed E-state index contributed by atoms with van der Waals surface area (Å²) in [7, 11) is 1.73. The molecule has 0 aliphatic rings. The van der Waals surface area contributed by atoms with Gasteiger partial charge in [0.2, 0.25) is 0 Å². The van der Waals surface area contributed by atoms with Crippen LogP contribution in [-0.4, -0.2) is 7.11 Å². The fourth-order valence-electron chi connectivity index (χ4n) is 2.01. The molecule has 2 aromatic carbocycles. The van der Waals surface area contributed by atoms with Gasteiger partial charge < -0.3 is 4.74 Å². The lowest BCUT2D eigenvalue weighted by Crippen LogP contribution is -1.90. The molecular weight excluding hydrogens is 196 g/mol. The Morgan fingerprint density at radius 1 is 1.06 bits per heavy atom. The zero-order valence-electron chi connectivity index (χ0n) is 10.4. The van der Waals surface area contributed by atoms with E-state index in [1.807, 2.05) is 0 Å². The number of aryl methyl sites for hydroxylation is 1. The lowest BCUT2D eigenvalue weighted by Gasteiger charge is -2.11. The van der Waals surface area contributed by atoms with E-state index in [4.69, 9.17) is 4.74 Å². The van der Waals surface area contributed by atoms with E-state index in [1.165, 1.54) is 21.9 Å². The van der Waals surface area contributed by atoms with E-state index in [-0.39, 0.29) is 0 Å². The van der Waals surface area contributed by atoms with E-state index in [2.05, 4.69) is 51.1 Å². The summed E-state index contributed by atoms with van der Waals surface area (Å²) >= 11 is 0. The first-order valence-electron chi connectivity index (χ1n) is 5.70. The lowest BCUT2D eigenvalue weighted by atomic mass is 9.98. The standard InChI is InChI=1S/C15H18O/c1-10(2)12-5-6-13-7-11(3)8-15(16-4)14(13)9-12/h5-10H,1-4H3. The van der Waals surface area contributed by atoms with Crippen LogP contribution in [-0.2, 0) is 0 Å². The Labute approximate surface area is 97.1 Å². The maximum Gasteiger partial charge on any atom is 0.126 e. The van der Waals surface area contributed by atoms with Gasteiger partial charge in [-0.3, -0.25) is 0 Å². The maximum absolute atomic E-state index is 5.44. The van der Waals surface area contributed by atoms with Crippen molar-refractivity contribution >= 4 is 10.8 Å². The predicted octanol–water partition coefficient (Wildman–Crippen LogP) is 4.28. The van der Waals surface area contributed by atoms with Crippen molar-refractivity contribution in [2.45, 2.75) is 26.7 Å². The van der Waals surface area contributed by atoms with Crippen molar-refractivity contribution in [3.8, 4) is 5.75 Å². The van der Waals surface area contributed by atoms with Crippen LogP contribution in [0.1, 0.15) is 30.9 Å². The smallest absolute Gasteiger partial charge is 0.126 e. The molecule has 0 aromatic heterocycles. The van der Waals surface area contributed by atoms with Crippen molar-refractivity contribution in [3.63, 3.8) is 0 Å². The molecule has 0 unspecified atom stereocenters. The number of methoxy groups -OCH3 is 1. The number of fused-ring (bicyclic) bond motifs is 1. The third-order valence-electron chi connectivity index (χ3n) is 2.97. The fourth-order valence-corrected chi connectivity index (χ4v) is 2.01. The number of hydrogen-bond acceptors (Lipinski definition) is 1. The SMILES string of the molecule is COc1cc(C)cc2ccc(C(C)C)cc12. The Bertz CT molecular complexity index is 512. The minimum absolute atomic E-state index is 0.551. The predicted molar refractivity (Wildman–Crippen MR) is 69.3 cm³/mol. The summed E-state index contributed by atoms with van der Waals surface area (Å²) in [5.41, 5.74) is 2.59. The maximum atomic E-state index is 5.44. The third kappa shape index (κ3) is 1.90. The summed E-state index contributed by atoms with van der Waals surface area (Å²) in [4.78, 5) is 0. The van der Waals surface area contributed by atoms with Gasteiger partial charge >= 0.3 is 0 Å². The van der Waals surface area contributed by atoms with Crippen LogP contribution in [0.15, 0.2) is 30.3 Å². The van der Waals surface area contributed by atoms with Crippen molar-refractivity contribution < 1.29 is 4.74 Å². The van der Waals surface area contributed by atoms with Gasteiger partial charge in [0.15, 0.2) is 0 Å². The molecule has 0 spiro atoms. The summed E-state index contributed by atoms with van der Waals surface area (Å²) in [5.74, 6) is 1.52. The zero-order valence-corrected chi connectivity index (χ0v) is 10.4. The topological polar surface area (TPSA) is 9.23 Å². The molecular formula is C15H18O. The summed E-state index contributed by atoms with van der Waals surface area (Å²) in [5, 5.41) is 2.46. The van der Waals surface area contributed by atoms with Crippen molar-refractivity contribution in [3.05, 3.63) is 41.5 Å². The molecule has 0 fully saturated rings. The van der Waals surface area contributed by atoms with E-state index >= 15 is 0 Å². The van der Waals surface area contributed by atoms with E-state index in [9.17, 15) is 0 Å². The van der Waals surface area contributed by atoms with Gasteiger partial charge in [0.05, 0.1) is 7.11 Å². The normalized spacial score (nSPS) is 11.1. The minimum Gasteiger partial charge on any atom is -0.496 e. The molecule has 0 radical (unpaired) electrons. The highest BCUT2D eigenvalue weighted by Gasteiger charge is 2.05. The molecule has 1 nitrogen and oxygen atoms in total. The van der Waals surface area contributed by atoms with Crippen LogP contribution in [0.25, 0.3) is 10.8 Å². The second-order valence-electron chi connectivity index (χ2n) is 4.60. The molecule has 0 amide bonds. The van der Waals surface area contributed by atoms with Gasteiger partial charge in [-0.1, -0.05) is 32.0 Å². The molecule has 0 N–H and O–H groups in total. The monoisotopic (exact) mass is 214 g/mol. The molecule has 0 saturated carbocycles. The Balaban J connectivity index is 2.71. The van der Waals surface area contributed by atoms with Gasteiger partial charge in [-0.05, 0) is 41.5 Å². The van der Waals surface area contributed by atoms with Gasteiger partial charge in [0, 0.05) is 5.39 Å². The second kappa shape index (κ2) is 4.17. The van der Waals surface area contributed by atoms with Crippen molar-refractivity contribution in [2.24, 2.45) is 0 Å². The largest absolute Gasteiger partial charge is 0.496 e. The Kier molecular flexibility index (Phi) is 2.86. The third-order valence-corrected chi connectivity index (χ3v) is 2.97. The first kappa shape index (κ1) is 11.0. The Morgan fingerprint density at radius 2 is 1.81 bits per heavy atom. The van der Waals surface area contributed by atoms with Crippen LogP contribution in [0.5, 0.6) is 5.75 Å². The molecule has 0 atom stereocenters. The molecule has 2 rings (SSSR count). The lowest BCUT2D eigenvalue weighted by molar-refractivity contribution is 0.419. The van der Waals surface area contributed by atoms with E-state index in [0.29, 0.717) is 5.92 Å². The van der Waals surface area contributed by atoms with Crippen LogP contribution >= 0.6 is 0 Å². The number of hydrogen-bond donors (Lipinski definition) is 0. The van der Waals surface area contributed by atoms with Crippen molar-refractivity contribution in [1.29, 1.82) is 0 Å². The van der Waals surface area contributed by atoms with E-state index < -0.39 is 0 Å². The van der Waals surface area contributed by atoms with Crippen molar-refractivity contribution in [1.82, 2.24) is 0 Å². The summed E-state index contributed by atoms with van der Waals surface area (Å²) in [6, 6.07) is 10.9. The van der Waals surface area contributed by atoms with E-state index in [0.717, 1.165) is 5.75 Å². The molecule has 2 aromatic rings. The van der Waals surface area contributed by atoms with Gasteiger partial charge in [-0.25, -0.2) is 0 Å². The molecule has 0 bridgehead atoms. The van der Waals surface area contributed by atoms with E-state index in [1.54, 1.807) is 7.11 Å². The average Bonchev–Trinajstić information content (AvgIpc) is 2.27. The highest BCUT2D eigenvalue weighted by atomic mass is 16.5. The van der Waals surface area contributed by atoms with Gasteiger partial charge in [0.25, 0.3) is 0 Å². The van der Waals surface area contributed by atoms with Crippen LogP contribution in [0, 0.1) is 6.92 Å². The van der Waals surface area contributed by atoms with Gasteiger partial charge in [-0.2, -0.15) is 0 Å². The minimum atomic E-state index is 0.551. The summed E-state index contributed by atoms with van der Waals surface area (Å²) < 4.78 is 5.44. The highest BCUT2D eigenvalue weighted by Crippen LogP contribution is 2.30. The average molecular weight is 214 g/mol. The van der Waals surface area contributed by atoms with Crippen LogP contribution in [0.3, 0.4) is 0 Å². The van der Waals surface area contributed by atoms with Crippen LogP contribution in [0.4, 0.5) is 0 Å². The Hall–Kier alpha value is -1.50. The summed E-state index contributed by atoms with van der Waals surface area (Å²) in [6.07, 6.45) is 0. The highest BCUT2D eigenvalue weighted by molar-refractivity contribution is 5.89. The van der Waals surface area contributed by atoms with Gasteiger partial charge in [0.1, 0.15) is 5.75 Å². The van der Waals surface area contributed by atoms with Crippen LogP contribution < -0.4 is 4.74 Å². The quantitative estimate of drug-likeness (QED) is 0.725. The first-order valence-corrected chi connectivity index (χ1v) is 5.70. The number of benzene rings is 2. The molecule has 0 saturated heterocycles. The van der Waals surface area contributed by atoms with Crippen LogP contribution in [0.2, 0.25) is 0 Å².